The summed E-state index contributed by atoms with van der Waals surface area (Å²) in [6.45, 7) is 6.17. The van der Waals surface area contributed by atoms with Crippen LogP contribution in [0.3, 0.4) is 0 Å². The molecule has 184 valence electrons. The van der Waals surface area contributed by atoms with Gasteiger partial charge in [-0.15, -0.1) is 0 Å². The smallest absolute Gasteiger partial charge is 0.243 e. The normalized spacial score (nSPS) is 12.0. The van der Waals surface area contributed by atoms with Crippen molar-refractivity contribution in [3.63, 3.8) is 0 Å². The van der Waals surface area contributed by atoms with Gasteiger partial charge in [0.05, 0.1) is 13.5 Å². The van der Waals surface area contributed by atoms with E-state index in [0.717, 1.165) is 26.9 Å². The number of rotatable bonds is 9. The van der Waals surface area contributed by atoms with Crippen molar-refractivity contribution < 1.29 is 14.3 Å². The second-order valence-electron chi connectivity index (χ2n) is 9.62. The van der Waals surface area contributed by atoms with Crippen molar-refractivity contribution in [1.29, 1.82) is 0 Å². The summed E-state index contributed by atoms with van der Waals surface area (Å²) < 4.78 is 6.20. The molecule has 0 aliphatic carbocycles. The predicted octanol–water partition coefficient (Wildman–Crippen LogP) is 5.56. The highest BCUT2D eigenvalue weighted by molar-refractivity contribution is 9.10. The number of nitrogens with zero attached hydrogens (tertiary/aromatic N) is 1. The van der Waals surface area contributed by atoms with Gasteiger partial charge in [-0.1, -0.05) is 70.5 Å². The zero-order valence-electron chi connectivity index (χ0n) is 20.8. The van der Waals surface area contributed by atoms with Crippen LogP contribution in [-0.4, -0.2) is 35.4 Å². The van der Waals surface area contributed by atoms with Crippen LogP contribution in [0.1, 0.15) is 37.5 Å². The number of benzene rings is 3. The van der Waals surface area contributed by atoms with E-state index in [9.17, 15) is 9.59 Å². The van der Waals surface area contributed by atoms with E-state index in [-0.39, 0.29) is 18.2 Å². The topological polar surface area (TPSA) is 58.6 Å². The largest absolute Gasteiger partial charge is 0.497 e. The monoisotopic (exact) mass is 536 g/mol. The molecule has 5 nitrogen and oxygen atoms in total. The minimum absolute atomic E-state index is 0.108. The Hall–Kier alpha value is -3.12. The molecule has 0 aliphatic rings. The van der Waals surface area contributed by atoms with E-state index >= 15 is 0 Å². The van der Waals surface area contributed by atoms with E-state index < -0.39 is 11.6 Å². The number of hydrogen-bond acceptors (Lipinski definition) is 3. The molecule has 3 aromatic carbocycles. The molecule has 0 radical (unpaired) electrons. The van der Waals surface area contributed by atoms with Crippen LogP contribution in [0.5, 0.6) is 5.75 Å². The summed E-state index contributed by atoms with van der Waals surface area (Å²) in [5.74, 6) is 0.462. The third-order valence-corrected chi connectivity index (χ3v) is 6.08. The van der Waals surface area contributed by atoms with Gasteiger partial charge in [0.25, 0.3) is 0 Å². The van der Waals surface area contributed by atoms with E-state index in [1.54, 1.807) is 12.0 Å². The van der Waals surface area contributed by atoms with Crippen molar-refractivity contribution in [2.24, 2.45) is 0 Å². The van der Waals surface area contributed by atoms with Gasteiger partial charge >= 0.3 is 0 Å². The van der Waals surface area contributed by atoms with E-state index in [1.165, 1.54) is 0 Å². The Bertz CT molecular complexity index is 1110. The SMILES string of the molecule is COc1ccc(CC(=O)N(Cc2ccc(Br)cc2)[C@H](Cc2ccccc2)C(=O)NC(C)(C)C)cc1. The number of amides is 2. The van der Waals surface area contributed by atoms with Gasteiger partial charge in [0.2, 0.25) is 11.8 Å². The highest BCUT2D eigenvalue weighted by atomic mass is 79.9. The van der Waals surface area contributed by atoms with E-state index in [2.05, 4.69) is 21.2 Å². The standard InChI is InChI=1S/C29H33BrN2O3/c1-29(2,3)31-28(34)26(18-21-8-6-5-7-9-21)32(20-23-10-14-24(30)15-11-23)27(33)19-22-12-16-25(35-4)17-13-22/h5-17,26H,18-20H2,1-4H3,(H,31,34)/t26-/m1/s1. The Balaban J connectivity index is 1.96. The number of methoxy groups -OCH3 is 1. The quantitative estimate of drug-likeness (QED) is 0.389. The van der Waals surface area contributed by atoms with Crippen molar-refractivity contribution >= 4 is 27.7 Å². The van der Waals surface area contributed by atoms with Crippen LogP contribution in [0.25, 0.3) is 0 Å². The van der Waals surface area contributed by atoms with Gasteiger partial charge in [0.15, 0.2) is 0 Å². The van der Waals surface area contributed by atoms with Crippen LogP contribution in [0.2, 0.25) is 0 Å². The fourth-order valence-corrected chi connectivity index (χ4v) is 4.08. The minimum Gasteiger partial charge on any atom is -0.497 e. The van der Waals surface area contributed by atoms with Crippen LogP contribution in [0.4, 0.5) is 0 Å². The van der Waals surface area contributed by atoms with Crippen LogP contribution < -0.4 is 10.1 Å². The Kier molecular flexibility index (Phi) is 9.10. The summed E-state index contributed by atoms with van der Waals surface area (Å²) >= 11 is 3.47. The Labute approximate surface area is 216 Å². The first-order valence-electron chi connectivity index (χ1n) is 11.7. The molecule has 6 heteroatoms. The molecular formula is C29H33BrN2O3. The first kappa shape index (κ1) is 26.5. The zero-order chi connectivity index (χ0) is 25.4. The van der Waals surface area contributed by atoms with E-state index in [1.807, 2.05) is 99.6 Å². The first-order valence-corrected chi connectivity index (χ1v) is 12.5. The van der Waals surface area contributed by atoms with Gasteiger partial charge in [-0.05, 0) is 61.7 Å². The lowest BCUT2D eigenvalue weighted by atomic mass is 10.00. The molecule has 0 aliphatic heterocycles. The molecule has 35 heavy (non-hydrogen) atoms. The maximum absolute atomic E-state index is 13.7. The average molecular weight is 537 g/mol. The highest BCUT2D eigenvalue weighted by Crippen LogP contribution is 2.20. The van der Waals surface area contributed by atoms with Crippen LogP contribution >= 0.6 is 15.9 Å². The number of carbonyl (C=O) groups excluding carboxylic acids is 2. The van der Waals surface area contributed by atoms with Crippen molar-refractivity contribution in [3.8, 4) is 5.75 Å². The van der Waals surface area contributed by atoms with Crippen molar-refractivity contribution in [1.82, 2.24) is 10.2 Å². The summed E-state index contributed by atoms with van der Waals surface area (Å²) in [4.78, 5) is 29.0. The summed E-state index contributed by atoms with van der Waals surface area (Å²) in [6.07, 6.45) is 0.613. The molecule has 2 amide bonds. The molecular weight excluding hydrogens is 504 g/mol. The zero-order valence-corrected chi connectivity index (χ0v) is 22.3. The molecule has 0 fully saturated rings. The second kappa shape index (κ2) is 12.0. The minimum atomic E-state index is -0.661. The molecule has 0 saturated heterocycles. The number of hydrogen-bond donors (Lipinski definition) is 1. The molecule has 0 heterocycles. The Morgan fingerprint density at radius 1 is 0.886 bits per heavy atom. The third-order valence-electron chi connectivity index (χ3n) is 5.55. The molecule has 1 N–H and O–H groups in total. The van der Waals surface area contributed by atoms with Crippen molar-refractivity contribution in [2.75, 3.05) is 7.11 Å². The molecule has 0 spiro atoms. The fourth-order valence-electron chi connectivity index (χ4n) is 3.81. The number of nitrogens with one attached hydrogen (secondary N) is 1. The van der Waals surface area contributed by atoms with Gasteiger partial charge in [-0.3, -0.25) is 9.59 Å². The predicted molar refractivity (Wildman–Crippen MR) is 143 cm³/mol. The second-order valence-corrected chi connectivity index (χ2v) is 10.5. The maximum Gasteiger partial charge on any atom is 0.243 e. The third kappa shape index (κ3) is 8.25. The molecule has 0 saturated carbocycles. The van der Waals surface area contributed by atoms with Gasteiger partial charge in [0.1, 0.15) is 11.8 Å². The molecule has 0 aromatic heterocycles. The maximum atomic E-state index is 13.7. The molecule has 3 rings (SSSR count). The highest BCUT2D eigenvalue weighted by Gasteiger charge is 2.32. The summed E-state index contributed by atoms with van der Waals surface area (Å²) in [7, 11) is 1.61. The van der Waals surface area contributed by atoms with Gasteiger partial charge in [0, 0.05) is 23.0 Å². The molecule has 1 atom stereocenters. The van der Waals surface area contributed by atoms with Crippen LogP contribution in [0, 0.1) is 0 Å². The molecule has 0 bridgehead atoms. The van der Waals surface area contributed by atoms with Crippen LogP contribution in [0.15, 0.2) is 83.3 Å². The lowest BCUT2D eigenvalue weighted by Crippen LogP contribution is -2.54. The lowest BCUT2D eigenvalue weighted by Gasteiger charge is -2.34. The average Bonchev–Trinajstić information content (AvgIpc) is 2.82. The lowest BCUT2D eigenvalue weighted by molar-refractivity contribution is -0.141. The van der Waals surface area contributed by atoms with Gasteiger partial charge < -0.3 is 15.0 Å². The molecule has 3 aromatic rings. The number of carbonyl (C=O) groups is 2. The molecule has 0 unspecified atom stereocenters. The van der Waals surface area contributed by atoms with E-state index in [4.69, 9.17) is 4.74 Å². The van der Waals surface area contributed by atoms with E-state index in [0.29, 0.717) is 13.0 Å². The Morgan fingerprint density at radius 2 is 1.49 bits per heavy atom. The Morgan fingerprint density at radius 3 is 2.06 bits per heavy atom. The van der Waals surface area contributed by atoms with Crippen LogP contribution in [-0.2, 0) is 29.0 Å². The first-order chi connectivity index (χ1) is 16.6. The fraction of sp³-hybridized carbons (Fsp3) is 0.310. The summed E-state index contributed by atoms with van der Waals surface area (Å²) in [5.41, 5.74) is 2.40. The van der Waals surface area contributed by atoms with Gasteiger partial charge in [-0.25, -0.2) is 0 Å². The van der Waals surface area contributed by atoms with Gasteiger partial charge in [-0.2, -0.15) is 0 Å². The number of halogens is 1. The number of ether oxygens (including phenoxy) is 1. The summed E-state index contributed by atoms with van der Waals surface area (Å²) in [6, 6.07) is 24.5. The summed E-state index contributed by atoms with van der Waals surface area (Å²) in [5, 5.41) is 3.09. The van der Waals surface area contributed by atoms with Crippen molar-refractivity contribution in [3.05, 3.63) is 100 Å². The van der Waals surface area contributed by atoms with Crippen molar-refractivity contribution in [2.45, 2.75) is 51.7 Å².